The lowest BCUT2D eigenvalue weighted by Crippen LogP contribution is -2.13. The van der Waals surface area contributed by atoms with Crippen LogP contribution in [0.25, 0.3) is 21.5 Å². The smallest absolute Gasteiger partial charge is 0.298 e. The molecule has 0 fully saturated rings. The van der Waals surface area contributed by atoms with E-state index < -0.39 is 215 Å². The molecule has 0 amide bonds. The maximum atomic E-state index is 13.0. The first-order valence-electron chi connectivity index (χ1n) is 20.9. The monoisotopic (exact) mass is 1330 g/mol. The van der Waals surface area contributed by atoms with E-state index in [1.165, 1.54) is 0 Å². The first-order valence-corrected chi connectivity index (χ1v) is 32.4. The van der Waals surface area contributed by atoms with E-state index in [0.29, 0.717) is 54.6 Å². The minimum absolute atomic E-state index is 0.253. The normalized spacial score (nSPS) is 13.4. The second kappa shape index (κ2) is 21.6. The zero-order valence-electron chi connectivity index (χ0n) is 39.9. The maximum Gasteiger partial charge on any atom is 0.298 e. The molecule has 0 saturated carbocycles. The molecule has 0 aliphatic heterocycles. The number of hydrogen-bond donors (Lipinski definition) is 13. The Hall–Kier alpha value is -8.46. The molecule has 38 nitrogen and oxygen atoms in total. The molecule has 0 aromatic heterocycles. The summed E-state index contributed by atoms with van der Waals surface area (Å²) in [6, 6.07) is 6.44. The Labute approximate surface area is 468 Å². The molecular weight excluding hydrogens is 1300 g/mol. The topological polar surface area (TPSA) is 643 Å². The third-order valence-corrected chi connectivity index (χ3v) is 17.9. The summed E-state index contributed by atoms with van der Waals surface area (Å²) in [7, 11) is -43.4. The molecule has 0 heterocycles. The third kappa shape index (κ3) is 13.2. The summed E-state index contributed by atoms with van der Waals surface area (Å²) in [4.78, 5) is 0.442. The number of fused-ring (bicyclic) bond motifs is 2. The van der Waals surface area contributed by atoms with Crippen LogP contribution in [0.15, 0.2) is 155 Å². The van der Waals surface area contributed by atoms with Crippen LogP contribution in [0.3, 0.4) is 0 Å². The molecule has 0 saturated heterocycles. The second-order valence-electron chi connectivity index (χ2n) is 16.3. The predicted octanol–water partition coefficient (Wildman–Crippen LogP) is 5.55. The van der Waals surface area contributed by atoms with Gasteiger partial charge in [0, 0.05) is 16.8 Å². The van der Waals surface area contributed by atoms with E-state index in [1.807, 2.05) is 0 Å². The molecule has 0 radical (unpaired) electrons. The van der Waals surface area contributed by atoms with Gasteiger partial charge in [-0.3, -0.25) is 52.0 Å². The van der Waals surface area contributed by atoms with Crippen molar-refractivity contribution in [1.82, 2.24) is 0 Å². The van der Waals surface area contributed by atoms with Crippen LogP contribution >= 0.6 is 0 Å². The molecule has 46 heteroatoms. The molecule has 0 bridgehead atoms. The molecule has 7 aromatic rings. The van der Waals surface area contributed by atoms with Crippen LogP contribution in [-0.2, 0) is 80.9 Å². The average Bonchev–Trinajstić information content (AvgIpc) is 3.15. The van der Waals surface area contributed by atoms with E-state index in [4.69, 9.17) is 5.73 Å². The molecule has 7 rings (SSSR count). The number of nitrogens with two attached hydrogens (primary N) is 1. The van der Waals surface area contributed by atoms with Crippen LogP contribution in [0.5, 0.6) is 11.5 Å². The number of hydrogen-bond acceptors (Lipinski definition) is 29. The van der Waals surface area contributed by atoms with Gasteiger partial charge in [-0.05, 0) is 78.9 Å². The van der Waals surface area contributed by atoms with Crippen LogP contribution in [-0.4, -0.2) is 119 Å². The van der Waals surface area contributed by atoms with Gasteiger partial charge in [0.05, 0.1) is 48.2 Å². The Balaban J connectivity index is 1.51. The fraction of sp³-hybridized carbons (Fsp3) is 0. The van der Waals surface area contributed by atoms with Crippen molar-refractivity contribution in [3.05, 3.63) is 95.0 Å². The number of phenols is 2. The lowest BCUT2D eigenvalue weighted by atomic mass is 10.0. The third-order valence-electron chi connectivity index (χ3n) is 10.9. The van der Waals surface area contributed by atoms with Crippen LogP contribution < -0.4 is 16.6 Å². The van der Waals surface area contributed by atoms with Crippen LogP contribution in [0.4, 0.5) is 56.9 Å². The van der Waals surface area contributed by atoms with Crippen LogP contribution in [0, 0.1) is 10.1 Å². The highest BCUT2D eigenvalue weighted by Crippen LogP contribution is 2.50. The Morgan fingerprint density at radius 3 is 1.19 bits per heavy atom. The van der Waals surface area contributed by atoms with E-state index in [9.17, 15) is 124 Å². The summed E-state index contributed by atoms with van der Waals surface area (Å²) in [5, 5.41) is 52.7. The zero-order chi connectivity index (χ0) is 63.0. The molecule has 0 unspecified atom stereocenters. The zero-order valence-corrected chi connectivity index (χ0v) is 46.4. The SMILES string of the molecule is Nc1c(NNc2ccc(N=Nc3cc(S(=O)(=O)O)ccc3S(=O)(=O)O)c3cc(S(=O)(=O)O)c(N=Nc4cc(S(=O)(=O)O)ccc4S(=O)(=O)O)c(O)c23)cc(S(=O)(=O)O)c2cc(S(=O)(=O)O)c(N=Nc3ccc(S(=O)(=O)O)cc3[N+](=O)[O-])c(O)c12. The lowest BCUT2D eigenvalue weighted by Gasteiger charge is -2.19. The van der Waals surface area contributed by atoms with Crippen molar-refractivity contribution >= 4 is 159 Å². The van der Waals surface area contributed by atoms with Gasteiger partial charge >= 0.3 is 0 Å². The predicted molar refractivity (Wildman–Crippen MR) is 280 cm³/mol. The molecule has 7 aromatic carbocycles. The summed E-state index contributed by atoms with van der Waals surface area (Å²) in [5.41, 5.74) is 0.442. The highest BCUT2D eigenvalue weighted by molar-refractivity contribution is 7.88. The number of nitro groups is 1. The largest absolute Gasteiger partial charge is 0.505 e. The van der Waals surface area contributed by atoms with Gasteiger partial charge in [0.2, 0.25) is 0 Å². The Bertz CT molecular complexity index is 5140. The highest BCUT2D eigenvalue weighted by atomic mass is 32.2. The molecule has 0 aliphatic rings. The minimum atomic E-state index is -5.80. The molecule has 0 atom stereocenters. The van der Waals surface area contributed by atoms with Gasteiger partial charge in [0.25, 0.3) is 86.6 Å². The molecule has 446 valence electrons. The van der Waals surface area contributed by atoms with Crippen molar-refractivity contribution in [1.29, 1.82) is 0 Å². The van der Waals surface area contributed by atoms with E-state index in [0.717, 1.165) is 12.1 Å². The quantitative estimate of drug-likeness (QED) is 0.0164. The van der Waals surface area contributed by atoms with E-state index >= 15 is 0 Å². The number of benzene rings is 7. The summed E-state index contributed by atoms with van der Waals surface area (Å²) in [6.07, 6.45) is 0. The summed E-state index contributed by atoms with van der Waals surface area (Å²) in [5.74, 6) is -3.10. The summed E-state index contributed by atoms with van der Waals surface area (Å²) < 4.78 is 277. The van der Waals surface area contributed by atoms with Crippen molar-refractivity contribution < 1.29 is 119 Å². The van der Waals surface area contributed by atoms with Crippen molar-refractivity contribution in [2.75, 3.05) is 16.6 Å². The van der Waals surface area contributed by atoms with Crippen molar-refractivity contribution in [3.8, 4) is 11.5 Å². The van der Waals surface area contributed by atoms with Gasteiger partial charge in [-0.2, -0.15) is 67.3 Å². The van der Waals surface area contributed by atoms with Crippen LogP contribution in [0.1, 0.15) is 0 Å². The number of nitrogen functional groups attached to an aromatic ring is 1. The Morgan fingerprint density at radius 1 is 0.381 bits per heavy atom. The fourth-order valence-corrected chi connectivity index (χ4v) is 12.0. The van der Waals surface area contributed by atoms with Crippen molar-refractivity contribution in [2.45, 2.75) is 39.2 Å². The minimum Gasteiger partial charge on any atom is -0.505 e. The Morgan fingerprint density at radius 2 is 0.750 bits per heavy atom. The van der Waals surface area contributed by atoms with E-state index in [2.05, 4.69) is 41.5 Å². The molecule has 0 aliphatic carbocycles. The number of phenolic OH excluding ortho intramolecular Hbond substituents is 2. The van der Waals surface area contributed by atoms with Crippen LogP contribution in [0.2, 0.25) is 0 Å². The second-order valence-corrected chi connectivity index (χ2v) is 27.5. The number of nitro benzene ring substituents is 1. The van der Waals surface area contributed by atoms with Gasteiger partial charge in [0.1, 0.15) is 52.1 Å². The van der Waals surface area contributed by atoms with E-state index in [-0.39, 0.29) is 18.2 Å². The fourth-order valence-electron chi connectivity index (χ4n) is 7.31. The number of azo groups is 3. The number of hydrazine groups is 1. The molecular formula is C38H28N10O28S8. The number of nitrogens with zero attached hydrogens (tertiary/aromatic N) is 7. The molecule has 14 N–H and O–H groups in total. The first-order chi connectivity index (χ1) is 38.3. The van der Waals surface area contributed by atoms with Crippen molar-refractivity contribution in [3.63, 3.8) is 0 Å². The van der Waals surface area contributed by atoms with Gasteiger partial charge in [-0.25, -0.2) is 0 Å². The molecule has 0 spiro atoms. The Kier molecular flexibility index (Phi) is 16.2. The van der Waals surface area contributed by atoms with Gasteiger partial charge in [-0.1, -0.05) is 0 Å². The summed E-state index contributed by atoms with van der Waals surface area (Å²) >= 11 is 0. The van der Waals surface area contributed by atoms with Crippen molar-refractivity contribution in [2.24, 2.45) is 30.7 Å². The average molecular weight is 1330 g/mol. The summed E-state index contributed by atoms with van der Waals surface area (Å²) in [6.45, 7) is 0. The number of aromatic hydroxyl groups is 2. The number of nitrogens with one attached hydrogen (secondary N) is 2. The van der Waals surface area contributed by atoms with Gasteiger partial charge < -0.3 is 21.4 Å². The van der Waals surface area contributed by atoms with E-state index in [1.54, 1.807) is 0 Å². The number of rotatable bonds is 18. The highest BCUT2D eigenvalue weighted by Gasteiger charge is 2.31. The number of anilines is 3. The maximum absolute atomic E-state index is 13.0. The lowest BCUT2D eigenvalue weighted by molar-refractivity contribution is -0.384. The standard InChI is InChI=1S/C38H28N10O28S8/c39-34-25(14-29(82(68,69)70)19-13-31(84(74,75)76)36(38(50)33(19)34)46-41-21-4-1-17(79(59,60)61)11-26(21)48(51)52)45-42-22-6-5-20(40-43-23-9-15(77(53,54)55)2-7-27(23)80(62,63)64)18-12-30(83(71,72)73)35(37(49)32(18)22)47-44-24-10-16(78(56,57)58)3-8-28(24)81(65,66)67/h1-14,42,45,49-50H,39H2,(H,53,54,55)(H,56,57,58)(H,59,60,61)(H,62,63,64)(H,65,66,67)(H,68,69,70)(H,71,72,73)(H,74,75,76). The van der Waals surface area contributed by atoms with Gasteiger partial charge in [-0.15, -0.1) is 30.7 Å². The first kappa shape index (κ1) is 63.1. The molecule has 84 heavy (non-hydrogen) atoms. The van der Waals surface area contributed by atoms with Gasteiger partial charge in [0.15, 0.2) is 17.2 Å².